The summed E-state index contributed by atoms with van der Waals surface area (Å²) in [6.07, 6.45) is 3.91. The molecule has 0 radical (unpaired) electrons. The Morgan fingerprint density at radius 3 is 2.46 bits per heavy atom. The third kappa shape index (κ3) is 5.86. The number of aromatic nitrogens is 1. The molecule has 39 heavy (non-hydrogen) atoms. The summed E-state index contributed by atoms with van der Waals surface area (Å²) in [7, 11) is 0. The molecule has 0 atom stereocenters. The summed E-state index contributed by atoms with van der Waals surface area (Å²) in [5.74, 6) is -1.46. The number of H-pyrrole nitrogens is 1. The van der Waals surface area contributed by atoms with E-state index in [1.165, 1.54) is 24.3 Å². The van der Waals surface area contributed by atoms with Crippen molar-refractivity contribution in [1.82, 2.24) is 4.98 Å². The number of halogens is 1. The molecule has 4 aromatic carbocycles. The van der Waals surface area contributed by atoms with Crippen molar-refractivity contribution in [3.05, 3.63) is 129 Å². The number of nitrogens with one attached hydrogen (secondary N) is 2. The van der Waals surface area contributed by atoms with Gasteiger partial charge in [-0.25, -0.2) is 9.18 Å². The lowest BCUT2D eigenvalue weighted by Gasteiger charge is -2.08. The monoisotopic (exact) mass is 521 g/mol. The molecule has 0 fully saturated rings. The summed E-state index contributed by atoms with van der Waals surface area (Å²) in [4.78, 5) is 26.5. The molecule has 7 nitrogen and oxygen atoms in total. The molecular formula is C31H24FN3O4. The zero-order valence-electron chi connectivity index (χ0n) is 20.7. The number of aromatic amines is 1. The highest BCUT2D eigenvalue weighted by Crippen LogP contribution is 2.28. The number of nitrogens with zero attached hydrogens (tertiary/aromatic N) is 1. The van der Waals surface area contributed by atoms with Crippen molar-refractivity contribution in [2.45, 2.75) is 6.42 Å². The van der Waals surface area contributed by atoms with Gasteiger partial charge in [-0.15, -0.1) is 0 Å². The predicted molar refractivity (Wildman–Crippen MR) is 151 cm³/mol. The minimum absolute atomic E-state index is 0.0766. The third-order valence-electron chi connectivity index (χ3n) is 6.43. The molecule has 0 saturated heterocycles. The van der Waals surface area contributed by atoms with E-state index in [1.54, 1.807) is 48.6 Å². The second kappa shape index (κ2) is 11.0. The quantitative estimate of drug-likeness (QED) is 0.106. The van der Waals surface area contributed by atoms with Crippen molar-refractivity contribution in [3.8, 4) is 11.1 Å². The Morgan fingerprint density at radius 2 is 1.72 bits per heavy atom. The van der Waals surface area contributed by atoms with Crippen LogP contribution >= 0.6 is 0 Å². The van der Waals surface area contributed by atoms with Gasteiger partial charge in [0.25, 0.3) is 5.69 Å². The van der Waals surface area contributed by atoms with Crippen molar-refractivity contribution < 1.29 is 19.2 Å². The van der Waals surface area contributed by atoms with Crippen molar-refractivity contribution >= 4 is 40.4 Å². The number of nitro groups is 1. The minimum atomic E-state index is -1.10. The molecule has 0 aliphatic carbocycles. The van der Waals surface area contributed by atoms with Crippen molar-refractivity contribution in [2.24, 2.45) is 0 Å². The molecule has 5 rings (SSSR count). The van der Waals surface area contributed by atoms with Crippen molar-refractivity contribution in [2.75, 3.05) is 11.9 Å². The van der Waals surface area contributed by atoms with E-state index in [0.29, 0.717) is 29.8 Å². The van der Waals surface area contributed by atoms with Gasteiger partial charge >= 0.3 is 5.97 Å². The summed E-state index contributed by atoms with van der Waals surface area (Å²) < 4.78 is 13.3. The SMILES string of the molecule is O=C(O)c1ccc(-c2ccc(F)cc2)cc1/C=C/c1ccc(NCCc2cc3ccccc3[nH]2)c([N+](=O)[O-])c1. The molecule has 0 spiro atoms. The molecule has 0 aliphatic heterocycles. The fourth-order valence-corrected chi connectivity index (χ4v) is 4.46. The predicted octanol–water partition coefficient (Wildman–Crippen LogP) is 7.41. The number of benzene rings is 4. The number of nitro benzene ring substituents is 1. The minimum Gasteiger partial charge on any atom is -0.478 e. The smallest absolute Gasteiger partial charge is 0.336 e. The van der Waals surface area contributed by atoms with Crippen LogP contribution in [0.5, 0.6) is 0 Å². The summed E-state index contributed by atoms with van der Waals surface area (Å²) in [5.41, 5.74) is 4.92. The number of para-hydroxylation sites is 1. The molecule has 0 bridgehead atoms. The van der Waals surface area contributed by atoms with Crippen molar-refractivity contribution in [1.29, 1.82) is 0 Å². The summed E-state index contributed by atoms with van der Waals surface area (Å²) in [5, 5.41) is 25.7. The lowest BCUT2D eigenvalue weighted by Crippen LogP contribution is -2.07. The topological polar surface area (TPSA) is 108 Å². The highest BCUT2D eigenvalue weighted by atomic mass is 19.1. The van der Waals surface area contributed by atoms with E-state index < -0.39 is 10.9 Å². The number of rotatable bonds is 9. The van der Waals surface area contributed by atoms with Gasteiger partial charge in [-0.1, -0.05) is 54.6 Å². The average Bonchev–Trinajstić information content (AvgIpc) is 3.35. The van der Waals surface area contributed by atoms with Gasteiger partial charge < -0.3 is 15.4 Å². The largest absolute Gasteiger partial charge is 0.478 e. The Kier molecular flexibility index (Phi) is 7.18. The van der Waals surface area contributed by atoms with Crippen molar-refractivity contribution in [3.63, 3.8) is 0 Å². The van der Waals surface area contributed by atoms with Gasteiger partial charge in [0.15, 0.2) is 0 Å². The molecule has 0 unspecified atom stereocenters. The molecule has 5 aromatic rings. The average molecular weight is 522 g/mol. The number of aromatic carboxylic acids is 1. The van der Waals surface area contributed by atoms with Crippen LogP contribution in [0.15, 0.2) is 91.0 Å². The normalized spacial score (nSPS) is 11.2. The number of carbonyl (C=O) groups is 1. The highest BCUT2D eigenvalue weighted by Gasteiger charge is 2.15. The summed E-state index contributed by atoms with van der Waals surface area (Å²) in [6, 6.07) is 25.6. The molecule has 1 aromatic heterocycles. The Bertz CT molecular complexity index is 1670. The van der Waals surface area contributed by atoms with Crippen LogP contribution in [-0.2, 0) is 6.42 Å². The Labute approximate surface area is 223 Å². The maximum absolute atomic E-state index is 13.3. The molecule has 1 heterocycles. The second-order valence-corrected chi connectivity index (χ2v) is 9.04. The van der Waals surface area contributed by atoms with Gasteiger partial charge in [-0.3, -0.25) is 10.1 Å². The number of anilines is 1. The first kappa shape index (κ1) is 25.4. The van der Waals surface area contributed by atoms with Crippen LogP contribution < -0.4 is 5.32 Å². The number of hydrogen-bond acceptors (Lipinski definition) is 4. The number of carboxylic acid groups (broad SMARTS) is 1. The molecule has 3 N–H and O–H groups in total. The van der Waals surface area contributed by atoms with Gasteiger partial charge in [0.2, 0.25) is 0 Å². The Balaban J connectivity index is 1.35. The van der Waals surface area contributed by atoms with Gasteiger partial charge in [0.1, 0.15) is 11.5 Å². The first-order valence-electron chi connectivity index (χ1n) is 12.3. The fourth-order valence-electron chi connectivity index (χ4n) is 4.46. The first-order valence-corrected chi connectivity index (χ1v) is 12.3. The van der Waals surface area contributed by atoms with Gasteiger partial charge in [-0.05, 0) is 70.1 Å². The lowest BCUT2D eigenvalue weighted by molar-refractivity contribution is -0.384. The maximum atomic E-state index is 13.3. The van der Waals surface area contributed by atoms with Crippen LogP contribution in [0.1, 0.15) is 27.2 Å². The zero-order valence-corrected chi connectivity index (χ0v) is 20.7. The van der Waals surface area contributed by atoms with Crippen LogP contribution in [-0.4, -0.2) is 27.5 Å². The molecule has 8 heteroatoms. The van der Waals surface area contributed by atoms with E-state index in [2.05, 4.69) is 16.4 Å². The van der Waals surface area contributed by atoms with Gasteiger partial charge in [0, 0.05) is 30.2 Å². The van der Waals surface area contributed by atoms with Gasteiger partial charge in [0.05, 0.1) is 10.5 Å². The number of carboxylic acids is 1. The third-order valence-corrected chi connectivity index (χ3v) is 6.43. The first-order chi connectivity index (χ1) is 18.9. The zero-order chi connectivity index (χ0) is 27.4. The molecule has 194 valence electrons. The van der Waals surface area contributed by atoms with Gasteiger partial charge in [-0.2, -0.15) is 0 Å². The Hall–Kier alpha value is -5.24. The van der Waals surface area contributed by atoms with Crippen LogP contribution in [0.3, 0.4) is 0 Å². The number of fused-ring (bicyclic) bond motifs is 1. The second-order valence-electron chi connectivity index (χ2n) is 9.04. The highest BCUT2D eigenvalue weighted by molar-refractivity contribution is 5.94. The van der Waals surface area contributed by atoms with Crippen LogP contribution in [0, 0.1) is 15.9 Å². The summed E-state index contributed by atoms with van der Waals surface area (Å²) >= 11 is 0. The van der Waals surface area contributed by atoms with E-state index >= 15 is 0 Å². The Morgan fingerprint density at radius 1 is 0.949 bits per heavy atom. The lowest BCUT2D eigenvalue weighted by atomic mass is 9.98. The van der Waals surface area contributed by atoms with Crippen LogP contribution in [0.4, 0.5) is 15.8 Å². The van der Waals surface area contributed by atoms with E-state index in [9.17, 15) is 24.4 Å². The van der Waals surface area contributed by atoms with E-state index in [-0.39, 0.29) is 17.1 Å². The fraction of sp³-hybridized carbons (Fsp3) is 0.0645. The van der Waals surface area contributed by atoms with E-state index in [1.807, 2.05) is 24.3 Å². The summed E-state index contributed by atoms with van der Waals surface area (Å²) in [6.45, 7) is 0.501. The van der Waals surface area contributed by atoms with E-state index in [4.69, 9.17) is 0 Å². The molecule has 0 amide bonds. The van der Waals surface area contributed by atoms with Crippen LogP contribution in [0.2, 0.25) is 0 Å². The van der Waals surface area contributed by atoms with E-state index in [0.717, 1.165) is 27.7 Å². The molecular weight excluding hydrogens is 497 g/mol. The number of hydrogen-bond donors (Lipinski definition) is 3. The maximum Gasteiger partial charge on any atom is 0.336 e. The molecule has 0 saturated carbocycles. The standard InChI is InChI=1S/C31H24FN3O4/c32-25-11-8-21(9-12-25)22-10-13-27(31(36)37)23(18-22)7-5-20-6-14-29(30(17-20)35(38)39)33-16-15-26-19-24-3-1-2-4-28(24)34-26/h1-14,17-19,33-34H,15-16H2,(H,36,37)/b7-5+. The van der Waals surface area contributed by atoms with Crippen LogP contribution in [0.25, 0.3) is 34.2 Å². The molecule has 0 aliphatic rings.